The quantitative estimate of drug-likeness (QED) is 0.735. The van der Waals surface area contributed by atoms with Crippen molar-refractivity contribution in [1.82, 2.24) is 14.5 Å². The molecule has 0 aliphatic carbocycles. The lowest BCUT2D eigenvalue weighted by Crippen LogP contribution is -2.50. The van der Waals surface area contributed by atoms with Gasteiger partial charge in [-0.1, -0.05) is 41.4 Å². The van der Waals surface area contributed by atoms with E-state index in [1.165, 1.54) is 4.31 Å². The molecule has 0 bridgehead atoms. The highest BCUT2D eigenvalue weighted by molar-refractivity contribution is 7.89. The average molecular weight is 462 g/mol. The number of halogens is 1. The van der Waals surface area contributed by atoms with Crippen LogP contribution in [-0.2, 0) is 10.0 Å². The van der Waals surface area contributed by atoms with Gasteiger partial charge in [0.05, 0.1) is 10.9 Å². The SMILES string of the molecule is Cc1ccc(S(=O)(=O)N2CCC(NC(=O)N3CCCC3c3ccc(Cl)cc3)CC2)cc1. The summed E-state index contributed by atoms with van der Waals surface area (Å²) in [4.78, 5) is 15.2. The number of amides is 2. The van der Waals surface area contributed by atoms with E-state index in [2.05, 4.69) is 5.32 Å². The Kier molecular flexibility index (Phi) is 6.55. The molecule has 1 atom stereocenters. The van der Waals surface area contributed by atoms with Crippen LogP contribution in [0.15, 0.2) is 53.4 Å². The van der Waals surface area contributed by atoms with E-state index in [9.17, 15) is 13.2 Å². The van der Waals surface area contributed by atoms with Crippen molar-refractivity contribution in [1.29, 1.82) is 0 Å². The number of carbonyl (C=O) groups excluding carboxylic acids is 1. The number of nitrogens with one attached hydrogen (secondary N) is 1. The fraction of sp³-hybridized carbons (Fsp3) is 0.435. The molecule has 2 amide bonds. The third kappa shape index (κ3) is 4.89. The van der Waals surface area contributed by atoms with Crippen LogP contribution in [0, 0.1) is 6.92 Å². The van der Waals surface area contributed by atoms with Crippen LogP contribution in [0.4, 0.5) is 4.79 Å². The molecule has 2 heterocycles. The number of rotatable bonds is 4. The van der Waals surface area contributed by atoms with Gasteiger partial charge < -0.3 is 10.2 Å². The number of sulfonamides is 1. The first-order valence-electron chi connectivity index (χ1n) is 10.7. The lowest BCUT2D eigenvalue weighted by molar-refractivity contribution is 0.182. The second kappa shape index (κ2) is 9.18. The highest BCUT2D eigenvalue weighted by Crippen LogP contribution is 2.32. The fourth-order valence-corrected chi connectivity index (χ4v) is 5.99. The first-order valence-corrected chi connectivity index (χ1v) is 12.6. The smallest absolute Gasteiger partial charge is 0.318 e. The molecule has 31 heavy (non-hydrogen) atoms. The van der Waals surface area contributed by atoms with E-state index in [1.807, 2.05) is 48.2 Å². The number of aryl methyl sites for hydroxylation is 1. The van der Waals surface area contributed by atoms with Crippen LogP contribution >= 0.6 is 11.6 Å². The number of nitrogens with zero attached hydrogens (tertiary/aromatic N) is 2. The van der Waals surface area contributed by atoms with Gasteiger partial charge in [-0.3, -0.25) is 0 Å². The van der Waals surface area contributed by atoms with E-state index in [4.69, 9.17) is 11.6 Å². The first-order chi connectivity index (χ1) is 14.8. The second-order valence-electron chi connectivity index (χ2n) is 8.34. The van der Waals surface area contributed by atoms with E-state index < -0.39 is 10.0 Å². The summed E-state index contributed by atoms with van der Waals surface area (Å²) < 4.78 is 27.3. The Labute approximate surface area is 189 Å². The topological polar surface area (TPSA) is 69.7 Å². The van der Waals surface area contributed by atoms with Gasteiger partial charge in [-0.15, -0.1) is 0 Å². The molecule has 0 saturated carbocycles. The monoisotopic (exact) mass is 461 g/mol. The standard InChI is InChI=1S/C23H28ClN3O3S/c1-17-4-10-21(11-5-17)31(29,30)26-15-12-20(13-16-26)25-23(28)27-14-2-3-22(27)18-6-8-19(24)9-7-18/h4-11,20,22H,2-3,12-16H2,1H3,(H,25,28). The normalized spacial score (nSPS) is 20.7. The van der Waals surface area contributed by atoms with Crippen molar-refractivity contribution in [2.45, 2.75) is 49.6 Å². The molecule has 2 fully saturated rings. The fourth-order valence-electron chi connectivity index (χ4n) is 4.40. The zero-order valence-electron chi connectivity index (χ0n) is 17.6. The van der Waals surface area contributed by atoms with Crippen LogP contribution in [0.25, 0.3) is 0 Å². The Bertz CT molecular complexity index is 1020. The molecule has 2 aliphatic rings. The molecule has 2 aliphatic heterocycles. The van der Waals surface area contributed by atoms with Gasteiger partial charge in [-0.05, 0) is 62.4 Å². The van der Waals surface area contributed by atoms with Gasteiger partial charge in [0.25, 0.3) is 0 Å². The van der Waals surface area contributed by atoms with Gasteiger partial charge >= 0.3 is 6.03 Å². The summed E-state index contributed by atoms with van der Waals surface area (Å²) in [6, 6.07) is 14.6. The van der Waals surface area contributed by atoms with E-state index in [1.54, 1.807) is 12.1 Å². The van der Waals surface area contributed by atoms with E-state index in [-0.39, 0.29) is 18.1 Å². The molecule has 4 rings (SSSR count). The highest BCUT2D eigenvalue weighted by Gasteiger charge is 2.33. The third-order valence-corrected chi connectivity index (χ3v) is 8.37. The molecular formula is C23H28ClN3O3S. The zero-order chi connectivity index (χ0) is 22.0. The molecule has 166 valence electrons. The summed E-state index contributed by atoms with van der Waals surface area (Å²) in [5.74, 6) is 0. The maximum atomic E-state index is 13.0. The van der Waals surface area contributed by atoms with E-state index >= 15 is 0 Å². The summed E-state index contributed by atoms with van der Waals surface area (Å²) >= 11 is 6.00. The molecule has 0 aromatic heterocycles. The highest BCUT2D eigenvalue weighted by atomic mass is 35.5. The summed E-state index contributed by atoms with van der Waals surface area (Å²) in [5, 5.41) is 3.82. The number of benzene rings is 2. The van der Waals surface area contributed by atoms with Crippen LogP contribution in [0.1, 0.15) is 42.9 Å². The average Bonchev–Trinajstić information content (AvgIpc) is 3.25. The van der Waals surface area contributed by atoms with Gasteiger partial charge in [0, 0.05) is 30.7 Å². The van der Waals surface area contributed by atoms with Crippen molar-refractivity contribution in [2.75, 3.05) is 19.6 Å². The van der Waals surface area contributed by atoms with Crippen LogP contribution < -0.4 is 5.32 Å². The summed E-state index contributed by atoms with van der Waals surface area (Å²) in [7, 11) is -3.50. The van der Waals surface area contributed by atoms with Crippen LogP contribution in [-0.4, -0.2) is 49.3 Å². The molecular weight excluding hydrogens is 434 g/mol. The molecule has 2 saturated heterocycles. The van der Waals surface area contributed by atoms with Gasteiger partial charge in [-0.2, -0.15) is 4.31 Å². The van der Waals surface area contributed by atoms with Crippen molar-refractivity contribution in [3.05, 3.63) is 64.7 Å². The van der Waals surface area contributed by atoms with Crippen molar-refractivity contribution < 1.29 is 13.2 Å². The predicted octanol–water partition coefficient (Wildman–Crippen LogP) is 4.35. The van der Waals surface area contributed by atoms with Gasteiger partial charge in [0.15, 0.2) is 0 Å². The molecule has 8 heteroatoms. The Morgan fingerprint density at radius 1 is 0.968 bits per heavy atom. The van der Waals surface area contributed by atoms with Crippen molar-refractivity contribution in [3.63, 3.8) is 0 Å². The minimum Gasteiger partial charge on any atom is -0.335 e. The molecule has 0 spiro atoms. The number of carbonyl (C=O) groups is 1. The lowest BCUT2D eigenvalue weighted by Gasteiger charge is -2.33. The molecule has 6 nitrogen and oxygen atoms in total. The molecule has 0 radical (unpaired) electrons. The predicted molar refractivity (Wildman–Crippen MR) is 122 cm³/mol. The summed E-state index contributed by atoms with van der Waals surface area (Å²) in [6.45, 7) is 3.46. The maximum Gasteiger partial charge on any atom is 0.318 e. The van der Waals surface area contributed by atoms with Crippen LogP contribution in [0.3, 0.4) is 0 Å². The van der Waals surface area contributed by atoms with Crippen LogP contribution in [0.5, 0.6) is 0 Å². The van der Waals surface area contributed by atoms with Crippen molar-refractivity contribution >= 4 is 27.7 Å². The second-order valence-corrected chi connectivity index (χ2v) is 10.7. The number of likely N-dealkylation sites (tertiary alicyclic amines) is 1. The minimum absolute atomic E-state index is 0.0246. The lowest BCUT2D eigenvalue weighted by atomic mass is 10.0. The van der Waals surface area contributed by atoms with Crippen molar-refractivity contribution in [3.8, 4) is 0 Å². The largest absolute Gasteiger partial charge is 0.335 e. The van der Waals surface area contributed by atoms with Crippen LogP contribution in [0.2, 0.25) is 5.02 Å². The van der Waals surface area contributed by atoms with Gasteiger partial charge in [0.1, 0.15) is 0 Å². The number of hydrogen-bond donors (Lipinski definition) is 1. The van der Waals surface area contributed by atoms with Crippen molar-refractivity contribution in [2.24, 2.45) is 0 Å². The maximum absolute atomic E-state index is 13.0. The van der Waals surface area contributed by atoms with Gasteiger partial charge in [0.2, 0.25) is 10.0 Å². The summed E-state index contributed by atoms with van der Waals surface area (Å²) in [5.41, 5.74) is 2.12. The minimum atomic E-state index is -3.50. The van der Waals surface area contributed by atoms with E-state index in [0.717, 1.165) is 30.5 Å². The summed E-state index contributed by atoms with van der Waals surface area (Å²) in [6.07, 6.45) is 3.11. The molecule has 1 unspecified atom stereocenters. The Morgan fingerprint density at radius 2 is 1.61 bits per heavy atom. The molecule has 2 aromatic rings. The first kappa shape index (κ1) is 22.1. The van der Waals surface area contributed by atoms with E-state index in [0.29, 0.717) is 35.8 Å². The number of hydrogen-bond acceptors (Lipinski definition) is 3. The molecule has 1 N–H and O–H groups in total. The number of urea groups is 1. The molecule has 2 aromatic carbocycles. The Balaban J connectivity index is 1.34. The van der Waals surface area contributed by atoms with Gasteiger partial charge in [-0.25, -0.2) is 13.2 Å². The third-order valence-electron chi connectivity index (χ3n) is 6.21. The zero-order valence-corrected chi connectivity index (χ0v) is 19.2. The number of piperidine rings is 1. The Morgan fingerprint density at radius 3 is 2.26 bits per heavy atom. The Hall–Kier alpha value is -2.09.